The molecule has 1 aromatic carbocycles. The Labute approximate surface area is 104 Å². The maximum atomic E-state index is 9.92. The Bertz CT molecular complexity index is 367. The zero-order valence-electron chi connectivity index (χ0n) is 11.1. The van der Waals surface area contributed by atoms with Crippen LogP contribution >= 0.6 is 0 Å². The number of rotatable bonds is 3. The van der Waals surface area contributed by atoms with Crippen molar-refractivity contribution in [2.75, 3.05) is 13.1 Å². The predicted molar refractivity (Wildman–Crippen MR) is 71.0 cm³/mol. The molecule has 1 aliphatic rings. The Morgan fingerprint density at radius 3 is 2.41 bits per heavy atom. The van der Waals surface area contributed by atoms with Gasteiger partial charge in [-0.25, -0.2) is 0 Å². The average molecular weight is 233 g/mol. The van der Waals surface area contributed by atoms with Crippen LogP contribution in [0.1, 0.15) is 44.2 Å². The van der Waals surface area contributed by atoms with Crippen LogP contribution in [0.5, 0.6) is 0 Å². The fraction of sp³-hybridized carbons (Fsp3) is 0.600. The van der Waals surface area contributed by atoms with Crippen LogP contribution in [0.3, 0.4) is 0 Å². The quantitative estimate of drug-likeness (QED) is 0.867. The first-order valence-corrected chi connectivity index (χ1v) is 6.50. The first-order chi connectivity index (χ1) is 7.96. The van der Waals surface area contributed by atoms with Gasteiger partial charge < -0.3 is 5.11 Å². The first-order valence-electron chi connectivity index (χ1n) is 6.50. The molecule has 1 unspecified atom stereocenters. The molecule has 0 bridgehead atoms. The highest BCUT2D eigenvalue weighted by Crippen LogP contribution is 2.22. The number of benzene rings is 1. The Morgan fingerprint density at radius 1 is 1.29 bits per heavy atom. The van der Waals surface area contributed by atoms with Crippen molar-refractivity contribution in [2.24, 2.45) is 0 Å². The second-order valence-corrected chi connectivity index (χ2v) is 5.85. The van der Waals surface area contributed by atoms with E-state index in [0.29, 0.717) is 5.92 Å². The molecule has 0 aromatic heterocycles. The molecular weight excluding hydrogens is 210 g/mol. The smallest absolute Gasteiger partial charge is 0.0758 e. The molecule has 1 atom stereocenters. The monoisotopic (exact) mass is 233 g/mol. The molecule has 1 heterocycles. The topological polar surface area (TPSA) is 23.5 Å². The number of hydrogen-bond donors (Lipinski definition) is 1. The van der Waals surface area contributed by atoms with Crippen molar-refractivity contribution in [3.8, 4) is 0 Å². The van der Waals surface area contributed by atoms with Gasteiger partial charge in [-0.2, -0.15) is 0 Å². The molecule has 0 amide bonds. The zero-order chi connectivity index (χ0) is 12.5. The van der Waals surface area contributed by atoms with Gasteiger partial charge in [0.2, 0.25) is 0 Å². The normalized spacial score (nSPS) is 25.7. The minimum absolute atomic E-state index is 0.488. The third kappa shape index (κ3) is 3.30. The number of nitrogens with zero attached hydrogens (tertiary/aromatic N) is 1. The summed E-state index contributed by atoms with van der Waals surface area (Å²) in [6, 6.07) is 8.85. The van der Waals surface area contributed by atoms with Gasteiger partial charge in [0.05, 0.1) is 5.60 Å². The summed E-state index contributed by atoms with van der Waals surface area (Å²) in [5.74, 6) is 0.594. The Balaban J connectivity index is 1.96. The van der Waals surface area contributed by atoms with Crippen molar-refractivity contribution >= 4 is 0 Å². The molecule has 2 nitrogen and oxygen atoms in total. The molecule has 0 saturated carbocycles. The van der Waals surface area contributed by atoms with Gasteiger partial charge in [0.25, 0.3) is 0 Å². The first kappa shape index (κ1) is 12.6. The molecule has 0 aliphatic carbocycles. The van der Waals surface area contributed by atoms with Crippen molar-refractivity contribution in [2.45, 2.75) is 45.3 Å². The van der Waals surface area contributed by atoms with E-state index >= 15 is 0 Å². The fourth-order valence-corrected chi connectivity index (χ4v) is 2.44. The van der Waals surface area contributed by atoms with E-state index in [1.165, 1.54) is 11.1 Å². The third-order valence-electron chi connectivity index (χ3n) is 3.58. The maximum absolute atomic E-state index is 9.92. The van der Waals surface area contributed by atoms with Crippen LogP contribution < -0.4 is 0 Å². The highest BCUT2D eigenvalue weighted by Gasteiger charge is 2.30. The van der Waals surface area contributed by atoms with Crippen molar-refractivity contribution in [1.82, 2.24) is 4.90 Å². The van der Waals surface area contributed by atoms with E-state index < -0.39 is 5.60 Å². The molecule has 0 spiro atoms. The summed E-state index contributed by atoms with van der Waals surface area (Å²) in [6.45, 7) is 9.10. The summed E-state index contributed by atoms with van der Waals surface area (Å²) in [5, 5.41) is 9.92. The molecule has 17 heavy (non-hydrogen) atoms. The Morgan fingerprint density at radius 2 is 1.94 bits per heavy atom. The van der Waals surface area contributed by atoms with Gasteiger partial charge in [0.1, 0.15) is 0 Å². The molecule has 2 heteroatoms. The fourth-order valence-electron chi connectivity index (χ4n) is 2.44. The van der Waals surface area contributed by atoms with Crippen LogP contribution in [0.4, 0.5) is 0 Å². The molecule has 94 valence electrons. The molecule has 1 N–H and O–H groups in total. The van der Waals surface area contributed by atoms with E-state index in [1.807, 2.05) is 6.92 Å². The predicted octanol–water partition coefficient (Wildman–Crippen LogP) is 2.77. The van der Waals surface area contributed by atoms with Gasteiger partial charge in [-0.1, -0.05) is 38.1 Å². The molecule has 0 radical (unpaired) electrons. The lowest BCUT2D eigenvalue weighted by atomic mass is 10.0. The van der Waals surface area contributed by atoms with Crippen molar-refractivity contribution in [3.63, 3.8) is 0 Å². The second kappa shape index (κ2) is 4.79. The Kier molecular flexibility index (Phi) is 3.55. The minimum atomic E-state index is -0.488. The molecule has 1 fully saturated rings. The SMILES string of the molecule is CC(C)c1ccc(CN2CCC(C)(O)C2)cc1. The van der Waals surface area contributed by atoms with E-state index in [4.69, 9.17) is 0 Å². The van der Waals surface area contributed by atoms with Crippen LogP contribution in [0.25, 0.3) is 0 Å². The van der Waals surface area contributed by atoms with Crippen LogP contribution in [0.15, 0.2) is 24.3 Å². The average Bonchev–Trinajstić information content (AvgIpc) is 2.59. The summed E-state index contributed by atoms with van der Waals surface area (Å²) in [7, 11) is 0. The van der Waals surface area contributed by atoms with Gasteiger partial charge in [-0.15, -0.1) is 0 Å². The minimum Gasteiger partial charge on any atom is -0.389 e. The van der Waals surface area contributed by atoms with Crippen LogP contribution in [-0.4, -0.2) is 28.7 Å². The van der Waals surface area contributed by atoms with Gasteiger partial charge in [-0.3, -0.25) is 4.90 Å². The number of β-amino-alcohol motifs (C(OH)–C–C–N with tert-alkyl or cyclic N) is 1. The Hall–Kier alpha value is -0.860. The molecule has 1 aliphatic heterocycles. The molecule has 1 aromatic rings. The van der Waals surface area contributed by atoms with Crippen LogP contribution in [0, 0.1) is 0 Å². The number of aliphatic hydroxyl groups is 1. The van der Waals surface area contributed by atoms with Gasteiger partial charge in [-0.05, 0) is 30.4 Å². The van der Waals surface area contributed by atoms with Crippen LogP contribution in [0.2, 0.25) is 0 Å². The third-order valence-corrected chi connectivity index (χ3v) is 3.58. The second-order valence-electron chi connectivity index (χ2n) is 5.85. The van der Waals surface area contributed by atoms with Crippen molar-refractivity contribution in [3.05, 3.63) is 35.4 Å². The van der Waals surface area contributed by atoms with E-state index in [9.17, 15) is 5.11 Å². The van der Waals surface area contributed by atoms with E-state index in [1.54, 1.807) is 0 Å². The molecular formula is C15H23NO. The highest BCUT2D eigenvalue weighted by molar-refractivity contribution is 5.24. The summed E-state index contributed by atoms with van der Waals surface area (Å²) >= 11 is 0. The summed E-state index contributed by atoms with van der Waals surface area (Å²) in [6.07, 6.45) is 0.886. The van der Waals surface area contributed by atoms with Gasteiger partial charge in [0.15, 0.2) is 0 Å². The van der Waals surface area contributed by atoms with E-state index in [-0.39, 0.29) is 0 Å². The van der Waals surface area contributed by atoms with E-state index in [2.05, 4.69) is 43.0 Å². The largest absolute Gasteiger partial charge is 0.389 e. The highest BCUT2D eigenvalue weighted by atomic mass is 16.3. The number of hydrogen-bond acceptors (Lipinski definition) is 2. The standard InChI is InChI=1S/C15H23NO/c1-12(2)14-6-4-13(5-7-14)10-16-9-8-15(3,17)11-16/h4-7,12,17H,8-11H2,1-3H3. The lowest BCUT2D eigenvalue weighted by molar-refractivity contribution is 0.0679. The van der Waals surface area contributed by atoms with Gasteiger partial charge in [0, 0.05) is 19.6 Å². The van der Waals surface area contributed by atoms with E-state index in [0.717, 1.165) is 26.1 Å². The lowest BCUT2D eigenvalue weighted by Crippen LogP contribution is -2.29. The van der Waals surface area contributed by atoms with Gasteiger partial charge >= 0.3 is 0 Å². The lowest BCUT2D eigenvalue weighted by Gasteiger charge is -2.19. The van der Waals surface area contributed by atoms with Crippen molar-refractivity contribution < 1.29 is 5.11 Å². The van der Waals surface area contributed by atoms with Crippen LogP contribution in [-0.2, 0) is 6.54 Å². The summed E-state index contributed by atoms with van der Waals surface area (Å²) < 4.78 is 0. The maximum Gasteiger partial charge on any atom is 0.0758 e. The molecule has 1 saturated heterocycles. The van der Waals surface area contributed by atoms with Crippen molar-refractivity contribution in [1.29, 1.82) is 0 Å². The molecule has 2 rings (SSSR count). The zero-order valence-corrected chi connectivity index (χ0v) is 11.1. The summed E-state index contributed by atoms with van der Waals surface area (Å²) in [5.41, 5.74) is 2.24. The number of likely N-dealkylation sites (tertiary alicyclic amines) is 1. The summed E-state index contributed by atoms with van der Waals surface area (Å²) in [4.78, 5) is 2.32.